The van der Waals surface area contributed by atoms with Crippen LogP contribution in [0, 0.1) is 0 Å². The zero-order valence-corrected chi connectivity index (χ0v) is 8.41. The van der Waals surface area contributed by atoms with E-state index in [0.717, 1.165) is 14.0 Å². The van der Waals surface area contributed by atoms with Gasteiger partial charge in [0.25, 0.3) is 0 Å². The molecule has 0 aromatic heterocycles. The Morgan fingerprint density at radius 3 is 2.46 bits per heavy atom. The summed E-state index contributed by atoms with van der Waals surface area (Å²) < 4.78 is 0. The van der Waals surface area contributed by atoms with Crippen LogP contribution < -0.4 is 5.30 Å². The van der Waals surface area contributed by atoms with Crippen molar-refractivity contribution in [1.82, 2.24) is 0 Å². The molecule has 0 aliphatic carbocycles. The Morgan fingerprint density at radius 1 is 1.00 bits per heavy atom. The van der Waals surface area contributed by atoms with E-state index in [1.54, 1.807) is 6.07 Å². The molecule has 1 nitrogen and oxygen atoms in total. The minimum absolute atomic E-state index is 0.373. The van der Waals surface area contributed by atoms with Crippen LogP contribution in [0.4, 0.5) is 0 Å². The van der Waals surface area contributed by atoms with Gasteiger partial charge >= 0.3 is 0 Å². The lowest BCUT2D eigenvalue weighted by Gasteiger charge is -2.04. The normalized spacial score (nSPS) is 11.5. The summed E-state index contributed by atoms with van der Waals surface area (Å²) in [4.78, 5) is 0. The quantitative estimate of drug-likeness (QED) is 0.685. The zero-order valence-electron chi connectivity index (χ0n) is 7.41. The molecule has 0 bridgehead atoms. The minimum atomic E-state index is 0.373. The third-order valence-electron chi connectivity index (χ3n) is 2.17. The van der Waals surface area contributed by atoms with E-state index in [4.69, 9.17) is 0 Å². The van der Waals surface area contributed by atoms with Crippen LogP contribution in [0.15, 0.2) is 36.4 Å². The molecule has 0 heterocycles. The van der Waals surface area contributed by atoms with Crippen molar-refractivity contribution in [3.8, 4) is 5.75 Å². The number of aromatic hydroxyl groups is 1. The molecule has 2 rings (SSSR count). The summed E-state index contributed by atoms with van der Waals surface area (Å²) >= 11 is 0. The summed E-state index contributed by atoms with van der Waals surface area (Å²) in [6.45, 7) is 2.15. The second-order valence-electron chi connectivity index (χ2n) is 2.93. The van der Waals surface area contributed by atoms with E-state index < -0.39 is 0 Å². The van der Waals surface area contributed by atoms with Gasteiger partial charge in [-0.2, -0.15) is 0 Å². The van der Waals surface area contributed by atoms with E-state index in [-0.39, 0.29) is 0 Å². The molecular weight excluding hydrogens is 179 g/mol. The molecule has 0 spiro atoms. The molecule has 1 atom stereocenters. The van der Waals surface area contributed by atoms with Crippen molar-refractivity contribution in [3.05, 3.63) is 36.4 Å². The molecule has 0 saturated heterocycles. The first-order chi connectivity index (χ1) is 6.33. The zero-order chi connectivity index (χ0) is 9.26. The molecule has 0 aliphatic rings. The van der Waals surface area contributed by atoms with Crippen molar-refractivity contribution < 1.29 is 5.11 Å². The SMILES string of the molecule is CPc1cccc2c(O)cccc12. The summed E-state index contributed by atoms with van der Waals surface area (Å²) in [5.41, 5.74) is 0. The predicted octanol–water partition coefficient (Wildman–Crippen LogP) is 2.48. The van der Waals surface area contributed by atoms with Crippen molar-refractivity contribution in [2.45, 2.75) is 0 Å². The molecule has 2 aromatic carbocycles. The van der Waals surface area contributed by atoms with E-state index in [1.165, 1.54) is 10.7 Å². The summed E-state index contributed by atoms with van der Waals surface area (Å²) in [7, 11) is 0.769. The first kappa shape index (κ1) is 8.52. The second kappa shape index (κ2) is 3.35. The average molecular weight is 190 g/mol. The number of fused-ring (bicyclic) bond motifs is 1. The largest absolute Gasteiger partial charge is 0.507 e. The van der Waals surface area contributed by atoms with Gasteiger partial charge in [0, 0.05) is 5.39 Å². The third kappa shape index (κ3) is 1.40. The van der Waals surface area contributed by atoms with Crippen molar-refractivity contribution in [2.75, 3.05) is 6.66 Å². The van der Waals surface area contributed by atoms with Gasteiger partial charge in [0.15, 0.2) is 0 Å². The fraction of sp³-hybridized carbons (Fsp3) is 0.0909. The molecular formula is C11H11OP. The summed E-state index contributed by atoms with van der Waals surface area (Å²) in [5, 5.41) is 13.0. The van der Waals surface area contributed by atoms with Gasteiger partial charge in [-0.1, -0.05) is 38.9 Å². The molecule has 1 N–H and O–H groups in total. The van der Waals surface area contributed by atoms with Crippen molar-refractivity contribution in [2.24, 2.45) is 0 Å². The van der Waals surface area contributed by atoms with Crippen LogP contribution in [-0.4, -0.2) is 11.8 Å². The average Bonchev–Trinajstić information content (AvgIpc) is 2.18. The van der Waals surface area contributed by atoms with Gasteiger partial charge in [-0.25, -0.2) is 0 Å². The van der Waals surface area contributed by atoms with Gasteiger partial charge in [-0.05, 0) is 23.4 Å². The van der Waals surface area contributed by atoms with E-state index >= 15 is 0 Å². The van der Waals surface area contributed by atoms with Gasteiger partial charge in [0.05, 0.1) is 0 Å². The van der Waals surface area contributed by atoms with Gasteiger partial charge in [-0.15, -0.1) is 0 Å². The molecule has 13 heavy (non-hydrogen) atoms. The van der Waals surface area contributed by atoms with Crippen molar-refractivity contribution in [3.63, 3.8) is 0 Å². The molecule has 0 radical (unpaired) electrons. The van der Waals surface area contributed by atoms with Crippen LogP contribution in [0.25, 0.3) is 10.8 Å². The topological polar surface area (TPSA) is 20.2 Å². The monoisotopic (exact) mass is 190 g/mol. The van der Waals surface area contributed by atoms with E-state index in [9.17, 15) is 5.11 Å². The van der Waals surface area contributed by atoms with Gasteiger partial charge in [-0.3, -0.25) is 0 Å². The van der Waals surface area contributed by atoms with E-state index in [2.05, 4.69) is 18.8 Å². The van der Waals surface area contributed by atoms with Crippen molar-refractivity contribution >= 4 is 24.7 Å². The van der Waals surface area contributed by atoms with Gasteiger partial charge < -0.3 is 5.11 Å². The number of phenols is 1. The van der Waals surface area contributed by atoms with Gasteiger partial charge in [0.1, 0.15) is 5.75 Å². The van der Waals surface area contributed by atoms with E-state index in [0.29, 0.717) is 5.75 Å². The fourth-order valence-corrected chi connectivity index (χ4v) is 2.26. The molecule has 0 saturated carbocycles. The maximum atomic E-state index is 9.59. The smallest absolute Gasteiger partial charge is 0.123 e. The predicted molar refractivity (Wildman–Crippen MR) is 59.5 cm³/mol. The van der Waals surface area contributed by atoms with Crippen LogP contribution in [0.5, 0.6) is 5.75 Å². The fourth-order valence-electron chi connectivity index (χ4n) is 1.51. The molecule has 0 amide bonds. The number of hydrogen-bond acceptors (Lipinski definition) is 1. The van der Waals surface area contributed by atoms with Crippen LogP contribution in [0.1, 0.15) is 0 Å². The highest BCUT2D eigenvalue weighted by atomic mass is 31.1. The highest BCUT2D eigenvalue weighted by molar-refractivity contribution is 7.47. The first-order valence-corrected chi connectivity index (χ1v) is 5.71. The molecule has 2 aromatic rings. The second-order valence-corrected chi connectivity index (χ2v) is 3.97. The number of phenolic OH excluding ortho intramolecular Hbond substituents is 1. The Morgan fingerprint density at radius 2 is 1.69 bits per heavy atom. The first-order valence-electron chi connectivity index (χ1n) is 4.21. The Bertz CT molecular complexity index is 437. The lowest BCUT2D eigenvalue weighted by atomic mass is 10.1. The molecule has 1 unspecified atom stereocenters. The summed E-state index contributed by atoms with van der Waals surface area (Å²) in [6, 6.07) is 11.7. The third-order valence-corrected chi connectivity index (χ3v) is 3.14. The van der Waals surface area contributed by atoms with Crippen molar-refractivity contribution in [1.29, 1.82) is 0 Å². The van der Waals surface area contributed by atoms with E-state index in [1.807, 2.05) is 18.2 Å². The van der Waals surface area contributed by atoms with Crippen LogP contribution in [0.2, 0.25) is 0 Å². The standard InChI is InChI=1S/C11H11OP/c1-13-11-7-3-4-8-9(11)5-2-6-10(8)12/h2-7,12-13H,1H3. The van der Waals surface area contributed by atoms with Gasteiger partial charge in [0.2, 0.25) is 0 Å². The summed E-state index contributed by atoms with van der Waals surface area (Å²) in [6.07, 6.45) is 0. The van der Waals surface area contributed by atoms with Crippen LogP contribution in [0.3, 0.4) is 0 Å². The molecule has 0 aliphatic heterocycles. The van der Waals surface area contributed by atoms with Crippen LogP contribution in [-0.2, 0) is 0 Å². The Balaban J connectivity index is 2.84. The lowest BCUT2D eigenvalue weighted by Crippen LogP contribution is -1.94. The summed E-state index contributed by atoms with van der Waals surface area (Å²) in [5.74, 6) is 0.373. The Hall–Kier alpha value is -1.07. The Labute approximate surface area is 79.2 Å². The minimum Gasteiger partial charge on any atom is -0.507 e. The number of benzene rings is 2. The number of rotatable bonds is 1. The lowest BCUT2D eigenvalue weighted by molar-refractivity contribution is 0.481. The maximum absolute atomic E-state index is 9.59. The van der Waals surface area contributed by atoms with Crippen LogP contribution >= 0.6 is 8.58 Å². The Kier molecular flexibility index (Phi) is 2.20. The molecule has 2 heteroatoms. The molecule has 66 valence electrons. The highest BCUT2D eigenvalue weighted by Crippen LogP contribution is 2.25. The number of hydrogen-bond donors (Lipinski definition) is 1. The highest BCUT2D eigenvalue weighted by Gasteiger charge is 2.01. The maximum Gasteiger partial charge on any atom is 0.123 e. The molecule has 0 fully saturated rings.